The smallest absolute Gasteiger partial charge is 0.377 e. The zero-order valence-corrected chi connectivity index (χ0v) is 25.8. The number of hydrogen-bond acceptors (Lipinski definition) is 4. The molecule has 0 unspecified atom stereocenters. The second kappa shape index (κ2) is 25.0. The molecule has 0 bridgehead atoms. The van der Waals surface area contributed by atoms with Crippen LogP contribution in [-0.4, -0.2) is 42.2 Å². The Bertz CT molecular complexity index is 399. The SMILES string of the molecule is CCCCCCCCCCCCCCCCCCNC(CC)(CC)CC[Si](OC)(OC)OC.Cl. The van der Waals surface area contributed by atoms with Crippen LogP contribution >= 0.6 is 12.4 Å². The molecule has 0 aliphatic carbocycles. The van der Waals surface area contributed by atoms with E-state index < -0.39 is 8.80 Å². The Labute approximate surface area is 221 Å². The lowest BCUT2D eigenvalue weighted by Crippen LogP contribution is -2.49. The van der Waals surface area contributed by atoms with Gasteiger partial charge in [0.25, 0.3) is 0 Å². The maximum atomic E-state index is 5.63. The molecule has 0 spiro atoms. The van der Waals surface area contributed by atoms with Gasteiger partial charge in [-0.05, 0) is 32.2 Å². The highest BCUT2D eigenvalue weighted by Gasteiger charge is 2.40. The molecule has 0 aliphatic rings. The molecule has 6 heteroatoms. The first-order valence-corrected chi connectivity index (χ1v) is 16.4. The van der Waals surface area contributed by atoms with Crippen molar-refractivity contribution in [2.45, 2.75) is 154 Å². The van der Waals surface area contributed by atoms with Crippen molar-refractivity contribution < 1.29 is 13.3 Å². The highest BCUT2D eigenvalue weighted by atomic mass is 35.5. The van der Waals surface area contributed by atoms with Gasteiger partial charge in [-0.2, -0.15) is 0 Å². The maximum absolute atomic E-state index is 5.63. The molecule has 4 nitrogen and oxygen atoms in total. The topological polar surface area (TPSA) is 39.7 Å². The normalized spacial score (nSPS) is 12.2. The van der Waals surface area contributed by atoms with Gasteiger partial charge in [0.05, 0.1) is 0 Å². The molecule has 0 atom stereocenters. The van der Waals surface area contributed by atoms with Gasteiger partial charge >= 0.3 is 8.80 Å². The van der Waals surface area contributed by atoms with Crippen molar-refractivity contribution in [1.82, 2.24) is 5.32 Å². The first-order valence-electron chi connectivity index (χ1n) is 14.5. The van der Waals surface area contributed by atoms with Gasteiger partial charge in [-0.25, -0.2) is 0 Å². The maximum Gasteiger partial charge on any atom is 0.500 e. The molecule has 0 saturated heterocycles. The minimum atomic E-state index is -2.49. The van der Waals surface area contributed by atoms with Gasteiger partial charge in [-0.15, -0.1) is 12.4 Å². The van der Waals surface area contributed by atoms with Crippen LogP contribution in [0.25, 0.3) is 0 Å². The van der Waals surface area contributed by atoms with Crippen LogP contribution in [0.5, 0.6) is 0 Å². The standard InChI is InChI=1S/C28H61NO3Si.ClH/c1-7-10-11-12-13-14-15-16-17-18-19-20-21-22-23-24-26-29-28(8-2,9-3)25-27-33(30-4,31-5)32-6;/h29H,7-27H2,1-6H3;1H. The molecule has 0 aliphatic heterocycles. The minimum Gasteiger partial charge on any atom is -0.377 e. The van der Waals surface area contributed by atoms with Crippen LogP contribution in [-0.2, 0) is 13.3 Å². The summed E-state index contributed by atoms with van der Waals surface area (Å²) in [6.45, 7) is 7.99. The Morgan fingerprint density at radius 1 is 0.559 bits per heavy atom. The second-order valence-corrected chi connectivity index (χ2v) is 13.1. The van der Waals surface area contributed by atoms with E-state index in [9.17, 15) is 0 Å². The summed E-state index contributed by atoms with van der Waals surface area (Å²) >= 11 is 0. The van der Waals surface area contributed by atoms with Crippen molar-refractivity contribution in [3.63, 3.8) is 0 Å². The molecule has 0 aromatic heterocycles. The monoisotopic (exact) mass is 523 g/mol. The largest absolute Gasteiger partial charge is 0.500 e. The molecule has 34 heavy (non-hydrogen) atoms. The molecule has 0 aromatic rings. The first kappa shape index (κ1) is 36.5. The summed E-state index contributed by atoms with van der Waals surface area (Å²) in [4.78, 5) is 0. The third-order valence-electron chi connectivity index (χ3n) is 7.73. The van der Waals surface area contributed by atoms with Gasteiger partial charge in [0.2, 0.25) is 0 Å². The average molecular weight is 524 g/mol. The van der Waals surface area contributed by atoms with Gasteiger partial charge < -0.3 is 18.6 Å². The van der Waals surface area contributed by atoms with Crippen molar-refractivity contribution in [3.05, 3.63) is 0 Å². The third-order valence-corrected chi connectivity index (χ3v) is 10.5. The van der Waals surface area contributed by atoms with Crippen LogP contribution in [0.1, 0.15) is 143 Å². The number of halogens is 1. The molecular weight excluding hydrogens is 462 g/mol. The molecule has 0 rings (SSSR count). The fourth-order valence-corrected chi connectivity index (χ4v) is 6.81. The predicted molar refractivity (Wildman–Crippen MR) is 154 cm³/mol. The zero-order valence-electron chi connectivity index (χ0n) is 24.0. The lowest BCUT2D eigenvalue weighted by atomic mass is 9.89. The molecule has 0 amide bonds. The van der Waals surface area contributed by atoms with Crippen LogP contribution in [0.4, 0.5) is 0 Å². The number of unbranched alkanes of at least 4 members (excludes halogenated alkanes) is 15. The Morgan fingerprint density at radius 3 is 1.24 bits per heavy atom. The highest BCUT2D eigenvalue weighted by molar-refractivity contribution is 6.60. The molecule has 0 saturated carbocycles. The van der Waals surface area contributed by atoms with Crippen LogP contribution in [0, 0.1) is 0 Å². The Morgan fingerprint density at radius 2 is 0.912 bits per heavy atom. The molecular formula is C28H62ClNO3Si. The molecule has 208 valence electrons. The van der Waals surface area contributed by atoms with E-state index in [2.05, 4.69) is 26.1 Å². The van der Waals surface area contributed by atoms with Crippen molar-refractivity contribution in [2.24, 2.45) is 0 Å². The number of rotatable bonds is 26. The van der Waals surface area contributed by atoms with E-state index in [-0.39, 0.29) is 17.9 Å². The Hall–Kier alpha value is 0.347. The highest BCUT2D eigenvalue weighted by Crippen LogP contribution is 2.27. The van der Waals surface area contributed by atoms with E-state index in [1.54, 1.807) is 21.3 Å². The average Bonchev–Trinajstić information content (AvgIpc) is 2.85. The van der Waals surface area contributed by atoms with E-state index >= 15 is 0 Å². The van der Waals surface area contributed by atoms with E-state index in [1.165, 1.54) is 103 Å². The summed E-state index contributed by atoms with van der Waals surface area (Å²) in [5.74, 6) is 0. The van der Waals surface area contributed by atoms with Gasteiger partial charge in [-0.1, -0.05) is 117 Å². The quantitative estimate of drug-likeness (QED) is 0.0905. The Kier molecular flexibility index (Phi) is 26.9. The molecule has 0 fully saturated rings. The van der Waals surface area contributed by atoms with Crippen LogP contribution in [0.2, 0.25) is 6.04 Å². The lowest BCUT2D eigenvalue weighted by Gasteiger charge is -2.36. The van der Waals surface area contributed by atoms with E-state index in [0.29, 0.717) is 0 Å². The van der Waals surface area contributed by atoms with Gasteiger partial charge in [0.15, 0.2) is 0 Å². The van der Waals surface area contributed by atoms with Crippen molar-refractivity contribution in [3.8, 4) is 0 Å². The summed E-state index contributed by atoms with van der Waals surface area (Å²) in [6.07, 6.45) is 26.0. The second-order valence-electron chi connectivity index (χ2n) is 10.0. The summed E-state index contributed by atoms with van der Waals surface area (Å²) in [5, 5.41) is 3.88. The van der Waals surface area contributed by atoms with E-state index in [1.807, 2.05) is 0 Å². The van der Waals surface area contributed by atoms with Crippen LogP contribution in [0.3, 0.4) is 0 Å². The fourth-order valence-electron chi connectivity index (χ4n) is 4.92. The number of nitrogens with one attached hydrogen (secondary N) is 1. The van der Waals surface area contributed by atoms with Crippen molar-refractivity contribution in [2.75, 3.05) is 27.9 Å². The molecule has 0 radical (unpaired) electrons. The van der Waals surface area contributed by atoms with Crippen molar-refractivity contribution >= 4 is 21.2 Å². The summed E-state index contributed by atoms with van der Waals surface area (Å²) in [6, 6.07) is 0.865. The van der Waals surface area contributed by atoms with Gasteiger partial charge in [0.1, 0.15) is 0 Å². The minimum absolute atomic E-state index is 0. The molecule has 0 aromatic carbocycles. The fraction of sp³-hybridized carbons (Fsp3) is 1.00. The summed E-state index contributed by atoms with van der Waals surface area (Å²) < 4.78 is 16.9. The van der Waals surface area contributed by atoms with Gasteiger partial charge in [-0.3, -0.25) is 0 Å². The van der Waals surface area contributed by atoms with Crippen LogP contribution < -0.4 is 5.32 Å². The zero-order chi connectivity index (χ0) is 24.7. The Balaban J connectivity index is 0. The summed E-state index contributed by atoms with van der Waals surface area (Å²) in [5.41, 5.74) is 0.170. The number of hydrogen-bond donors (Lipinski definition) is 1. The van der Waals surface area contributed by atoms with E-state index in [0.717, 1.165) is 31.9 Å². The predicted octanol–water partition coefficient (Wildman–Crippen LogP) is 9.09. The van der Waals surface area contributed by atoms with Gasteiger partial charge in [0, 0.05) is 32.9 Å². The summed E-state index contributed by atoms with van der Waals surface area (Å²) in [7, 11) is 2.64. The van der Waals surface area contributed by atoms with E-state index in [4.69, 9.17) is 13.3 Å². The third kappa shape index (κ3) is 17.7. The molecule has 0 heterocycles. The van der Waals surface area contributed by atoms with Crippen LogP contribution in [0.15, 0.2) is 0 Å². The van der Waals surface area contributed by atoms with Crippen molar-refractivity contribution in [1.29, 1.82) is 0 Å². The molecule has 1 N–H and O–H groups in total. The lowest BCUT2D eigenvalue weighted by molar-refractivity contribution is 0.118. The first-order chi connectivity index (χ1) is 16.1.